The zero-order valence-corrected chi connectivity index (χ0v) is 9.93. The van der Waals surface area contributed by atoms with Crippen molar-refractivity contribution in [1.29, 1.82) is 0 Å². The van der Waals surface area contributed by atoms with Gasteiger partial charge in [0.1, 0.15) is 11.6 Å². The van der Waals surface area contributed by atoms with E-state index in [1.807, 2.05) is 0 Å². The Morgan fingerprint density at radius 3 is 2.88 bits per heavy atom. The van der Waals surface area contributed by atoms with Gasteiger partial charge in [-0.15, -0.1) is 0 Å². The molecule has 1 atom stereocenters. The molecule has 94 valence electrons. The fourth-order valence-corrected chi connectivity index (χ4v) is 2.35. The van der Waals surface area contributed by atoms with Crippen molar-refractivity contribution < 1.29 is 13.5 Å². The normalized spacial score (nSPS) is 20.5. The fourth-order valence-electron chi connectivity index (χ4n) is 2.35. The van der Waals surface area contributed by atoms with E-state index in [9.17, 15) is 8.78 Å². The molecule has 1 N–H and O–H groups in total. The Labute approximate surface area is 100.0 Å². The van der Waals surface area contributed by atoms with Gasteiger partial charge in [-0.3, -0.25) is 0 Å². The van der Waals surface area contributed by atoms with Crippen molar-refractivity contribution in [3.8, 4) is 0 Å². The van der Waals surface area contributed by atoms with Crippen molar-refractivity contribution in [3.63, 3.8) is 0 Å². The number of methoxy groups -OCH3 is 1. The van der Waals surface area contributed by atoms with Crippen LogP contribution in [0.1, 0.15) is 29.9 Å². The summed E-state index contributed by atoms with van der Waals surface area (Å²) in [7, 11) is 1.50. The van der Waals surface area contributed by atoms with E-state index in [1.54, 1.807) is 0 Å². The van der Waals surface area contributed by atoms with Crippen molar-refractivity contribution in [1.82, 2.24) is 5.32 Å². The Morgan fingerprint density at radius 2 is 2.24 bits per heavy atom. The van der Waals surface area contributed by atoms with E-state index in [-0.39, 0.29) is 18.1 Å². The van der Waals surface area contributed by atoms with Crippen LogP contribution in [0.15, 0.2) is 12.1 Å². The summed E-state index contributed by atoms with van der Waals surface area (Å²) in [5.74, 6) is -0.961. The Balaban J connectivity index is 2.33. The second-order valence-corrected chi connectivity index (χ2v) is 4.41. The number of piperidine rings is 1. The minimum Gasteiger partial charge on any atom is -0.380 e. The third-order valence-electron chi connectivity index (χ3n) is 3.21. The molecule has 0 saturated carbocycles. The van der Waals surface area contributed by atoms with Gasteiger partial charge in [0.25, 0.3) is 0 Å². The maximum atomic E-state index is 14.2. The third-order valence-corrected chi connectivity index (χ3v) is 3.21. The second-order valence-electron chi connectivity index (χ2n) is 4.41. The summed E-state index contributed by atoms with van der Waals surface area (Å²) in [4.78, 5) is 0. The molecule has 1 aliphatic heterocycles. The van der Waals surface area contributed by atoms with E-state index in [4.69, 9.17) is 4.74 Å². The quantitative estimate of drug-likeness (QED) is 0.878. The summed E-state index contributed by atoms with van der Waals surface area (Å²) in [6.07, 6.45) is 1.79. The Morgan fingerprint density at radius 1 is 1.41 bits per heavy atom. The minimum atomic E-state index is -0.448. The highest BCUT2D eigenvalue weighted by Crippen LogP contribution is 2.29. The molecule has 0 spiro atoms. The van der Waals surface area contributed by atoms with Gasteiger partial charge in [-0.25, -0.2) is 8.78 Å². The fraction of sp³-hybridized carbons (Fsp3) is 0.538. The summed E-state index contributed by atoms with van der Waals surface area (Å²) in [6.45, 7) is 1.75. The first-order valence-corrected chi connectivity index (χ1v) is 5.90. The van der Waals surface area contributed by atoms with Crippen LogP contribution in [0.25, 0.3) is 0 Å². The lowest BCUT2D eigenvalue weighted by Crippen LogP contribution is -2.29. The predicted octanol–water partition coefficient (Wildman–Crippen LogP) is 2.58. The van der Waals surface area contributed by atoms with E-state index < -0.39 is 11.6 Å². The lowest BCUT2D eigenvalue weighted by molar-refractivity contribution is 0.181. The molecule has 17 heavy (non-hydrogen) atoms. The Kier molecular flexibility index (Phi) is 4.07. The highest BCUT2D eigenvalue weighted by atomic mass is 19.1. The first-order valence-electron chi connectivity index (χ1n) is 5.90. The third kappa shape index (κ3) is 2.64. The van der Waals surface area contributed by atoms with E-state index in [1.165, 1.54) is 19.2 Å². The van der Waals surface area contributed by atoms with Gasteiger partial charge in [0.2, 0.25) is 0 Å². The van der Waals surface area contributed by atoms with Crippen molar-refractivity contribution in [2.75, 3.05) is 20.2 Å². The molecule has 0 aliphatic carbocycles. The topological polar surface area (TPSA) is 21.3 Å². The zero-order valence-electron chi connectivity index (χ0n) is 9.93. The van der Waals surface area contributed by atoms with E-state index in [0.717, 1.165) is 19.4 Å². The average molecular weight is 241 g/mol. The molecule has 0 amide bonds. The first kappa shape index (κ1) is 12.5. The van der Waals surface area contributed by atoms with Gasteiger partial charge in [-0.1, -0.05) is 6.07 Å². The Hall–Kier alpha value is -1.00. The van der Waals surface area contributed by atoms with Crippen LogP contribution in [0, 0.1) is 11.6 Å². The van der Waals surface area contributed by atoms with E-state index in [0.29, 0.717) is 12.1 Å². The molecule has 1 aliphatic rings. The first-order chi connectivity index (χ1) is 8.24. The lowest BCUT2D eigenvalue weighted by Gasteiger charge is -2.24. The number of hydrogen-bond acceptors (Lipinski definition) is 2. The monoisotopic (exact) mass is 241 g/mol. The number of nitrogens with one attached hydrogen (secondary N) is 1. The molecule has 0 aromatic heterocycles. The van der Waals surface area contributed by atoms with Crippen LogP contribution < -0.4 is 5.32 Å². The Bertz CT molecular complexity index is 389. The largest absolute Gasteiger partial charge is 0.380 e. The van der Waals surface area contributed by atoms with Crippen LogP contribution in [0.4, 0.5) is 8.78 Å². The van der Waals surface area contributed by atoms with Crippen LogP contribution in [0.2, 0.25) is 0 Å². The highest BCUT2D eigenvalue weighted by molar-refractivity contribution is 5.30. The van der Waals surface area contributed by atoms with Gasteiger partial charge in [0, 0.05) is 30.7 Å². The molecule has 1 unspecified atom stereocenters. The van der Waals surface area contributed by atoms with Crippen LogP contribution in [0.5, 0.6) is 0 Å². The van der Waals surface area contributed by atoms with Crippen molar-refractivity contribution in [2.45, 2.75) is 25.4 Å². The summed E-state index contributed by atoms with van der Waals surface area (Å²) in [6, 6.07) is 2.79. The van der Waals surface area contributed by atoms with Gasteiger partial charge < -0.3 is 10.1 Å². The van der Waals surface area contributed by atoms with Crippen LogP contribution >= 0.6 is 0 Å². The van der Waals surface area contributed by atoms with Gasteiger partial charge in [0.05, 0.1) is 6.61 Å². The minimum absolute atomic E-state index is 0.0689. The van der Waals surface area contributed by atoms with Crippen molar-refractivity contribution >= 4 is 0 Å². The molecule has 1 aromatic carbocycles. The zero-order chi connectivity index (χ0) is 12.3. The SMILES string of the molecule is COCc1ccc(F)c(C2CCCNC2)c1F. The molecule has 2 nitrogen and oxygen atoms in total. The van der Waals surface area contributed by atoms with Gasteiger partial charge in [0.15, 0.2) is 0 Å². The van der Waals surface area contributed by atoms with Crippen LogP contribution in [0.3, 0.4) is 0 Å². The predicted molar refractivity (Wildman–Crippen MR) is 61.9 cm³/mol. The molecule has 1 aromatic rings. The summed E-state index contributed by atoms with van der Waals surface area (Å²) >= 11 is 0. The second kappa shape index (κ2) is 5.56. The molecule has 1 saturated heterocycles. The van der Waals surface area contributed by atoms with E-state index in [2.05, 4.69) is 5.32 Å². The maximum Gasteiger partial charge on any atom is 0.135 e. The van der Waals surface area contributed by atoms with Gasteiger partial charge in [-0.2, -0.15) is 0 Å². The number of hydrogen-bond donors (Lipinski definition) is 1. The number of ether oxygens (including phenoxy) is 1. The lowest BCUT2D eigenvalue weighted by atomic mass is 9.89. The molecule has 1 heterocycles. The summed E-state index contributed by atoms with van der Waals surface area (Å²) in [5.41, 5.74) is 0.640. The standard InChI is InChI=1S/C13H17F2NO/c1-17-8-10-4-5-11(14)12(13(10)15)9-3-2-6-16-7-9/h4-5,9,16H,2-3,6-8H2,1H3. The molecule has 1 fully saturated rings. The average Bonchev–Trinajstić information content (AvgIpc) is 2.35. The summed E-state index contributed by atoms with van der Waals surface area (Å²) in [5, 5.41) is 3.17. The smallest absolute Gasteiger partial charge is 0.135 e. The number of benzene rings is 1. The molecule has 0 radical (unpaired) electrons. The molecule has 4 heteroatoms. The van der Waals surface area contributed by atoms with Crippen molar-refractivity contribution in [3.05, 3.63) is 34.9 Å². The number of halogens is 2. The van der Waals surface area contributed by atoms with Crippen LogP contribution in [-0.2, 0) is 11.3 Å². The molecular weight excluding hydrogens is 224 g/mol. The van der Waals surface area contributed by atoms with Gasteiger partial charge in [-0.05, 0) is 25.5 Å². The highest BCUT2D eigenvalue weighted by Gasteiger charge is 2.23. The van der Waals surface area contributed by atoms with Crippen molar-refractivity contribution in [2.24, 2.45) is 0 Å². The van der Waals surface area contributed by atoms with E-state index >= 15 is 0 Å². The van der Waals surface area contributed by atoms with Crippen LogP contribution in [-0.4, -0.2) is 20.2 Å². The van der Waals surface area contributed by atoms with Gasteiger partial charge >= 0.3 is 0 Å². The maximum absolute atomic E-state index is 14.2. The molecule has 2 rings (SSSR count). The summed E-state index contributed by atoms with van der Waals surface area (Å²) < 4.78 is 32.8. The number of rotatable bonds is 3. The molecular formula is C13H17F2NO. The molecule has 0 bridgehead atoms.